The van der Waals surface area contributed by atoms with E-state index in [1.54, 1.807) is 0 Å². The minimum atomic E-state index is 0. The van der Waals surface area contributed by atoms with Gasteiger partial charge in [-0.05, 0) is 31.2 Å². The van der Waals surface area contributed by atoms with E-state index in [-0.39, 0.29) is 30.1 Å². The molecule has 1 heterocycles. The number of halogens is 1. The number of fused-ring (bicyclic) bond motifs is 1. The van der Waals surface area contributed by atoms with Crippen LogP contribution in [0.15, 0.2) is 47.5 Å². The van der Waals surface area contributed by atoms with Crippen molar-refractivity contribution >= 4 is 40.7 Å². The number of ether oxygens (including phenoxy) is 2. The molecule has 0 amide bonds. The lowest BCUT2D eigenvalue weighted by molar-refractivity contribution is 0.117. The number of hydrogen-bond acceptors (Lipinski definition) is 3. The maximum absolute atomic E-state index is 5.96. The number of rotatable bonds is 7. The fourth-order valence-electron chi connectivity index (χ4n) is 2.98. The molecule has 26 heavy (non-hydrogen) atoms. The third-order valence-corrected chi connectivity index (χ3v) is 4.22. The highest BCUT2D eigenvalue weighted by atomic mass is 127. The highest BCUT2D eigenvalue weighted by Gasteiger charge is 2.14. The van der Waals surface area contributed by atoms with E-state index in [1.807, 2.05) is 24.3 Å². The number of nitrogens with zero attached hydrogens (tertiary/aromatic N) is 1. The SMILES string of the molecule is CCNC(=NCC1CCCO1)NCCOc1cccc2ccccc12.I. The Balaban J connectivity index is 0.00000243. The maximum atomic E-state index is 5.96. The molecule has 0 aromatic heterocycles. The summed E-state index contributed by atoms with van der Waals surface area (Å²) in [6.45, 7) is 5.75. The molecule has 2 aromatic carbocycles. The molecular formula is C20H28IN3O2. The zero-order chi connectivity index (χ0) is 17.3. The summed E-state index contributed by atoms with van der Waals surface area (Å²) in [7, 11) is 0. The summed E-state index contributed by atoms with van der Waals surface area (Å²) in [5, 5.41) is 8.92. The monoisotopic (exact) mass is 469 g/mol. The number of benzene rings is 2. The minimum Gasteiger partial charge on any atom is -0.491 e. The van der Waals surface area contributed by atoms with E-state index >= 15 is 0 Å². The second-order valence-electron chi connectivity index (χ2n) is 6.11. The summed E-state index contributed by atoms with van der Waals surface area (Å²) in [6, 6.07) is 14.4. The van der Waals surface area contributed by atoms with Gasteiger partial charge in [0.15, 0.2) is 5.96 Å². The first-order chi connectivity index (χ1) is 12.4. The topological polar surface area (TPSA) is 54.9 Å². The Hall–Kier alpha value is -1.54. The predicted octanol–water partition coefficient (Wildman–Crippen LogP) is 3.57. The molecule has 0 radical (unpaired) electrons. The first-order valence-corrected chi connectivity index (χ1v) is 9.11. The fourth-order valence-corrected chi connectivity index (χ4v) is 2.98. The Morgan fingerprint density at radius 3 is 2.85 bits per heavy atom. The third-order valence-electron chi connectivity index (χ3n) is 4.22. The summed E-state index contributed by atoms with van der Waals surface area (Å²) in [4.78, 5) is 4.60. The summed E-state index contributed by atoms with van der Waals surface area (Å²) in [5.41, 5.74) is 0. The molecule has 1 aliphatic heterocycles. The zero-order valence-electron chi connectivity index (χ0n) is 15.2. The van der Waals surface area contributed by atoms with Gasteiger partial charge in [-0.3, -0.25) is 4.99 Å². The van der Waals surface area contributed by atoms with Crippen molar-refractivity contribution in [3.63, 3.8) is 0 Å². The van der Waals surface area contributed by atoms with Gasteiger partial charge in [0.1, 0.15) is 12.4 Å². The molecule has 0 saturated carbocycles. The summed E-state index contributed by atoms with van der Waals surface area (Å²) < 4.78 is 11.6. The quantitative estimate of drug-likeness (QED) is 0.282. The van der Waals surface area contributed by atoms with E-state index in [0.717, 1.165) is 43.1 Å². The molecule has 1 unspecified atom stereocenters. The molecule has 142 valence electrons. The van der Waals surface area contributed by atoms with Gasteiger partial charge in [-0.1, -0.05) is 36.4 Å². The van der Waals surface area contributed by atoms with Crippen LogP contribution in [0, 0.1) is 0 Å². The maximum Gasteiger partial charge on any atom is 0.191 e. The van der Waals surface area contributed by atoms with Gasteiger partial charge in [0.25, 0.3) is 0 Å². The molecule has 5 nitrogen and oxygen atoms in total. The van der Waals surface area contributed by atoms with Crippen LogP contribution in [-0.2, 0) is 4.74 Å². The van der Waals surface area contributed by atoms with Crippen molar-refractivity contribution in [2.24, 2.45) is 4.99 Å². The molecule has 1 fully saturated rings. The van der Waals surface area contributed by atoms with Crippen LogP contribution < -0.4 is 15.4 Å². The molecule has 0 spiro atoms. The van der Waals surface area contributed by atoms with Crippen LogP contribution in [0.4, 0.5) is 0 Å². The highest BCUT2D eigenvalue weighted by molar-refractivity contribution is 14.0. The van der Waals surface area contributed by atoms with Gasteiger partial charge in [0, 0.05) is 18.5 Å². The lowest BCUT2D eigenvalue weighted by Crippen LogP contribution is -2.39. The van der Waals surface area contributed by atoms with Crippen LogP contribution in [0.5, 0.6) is 5.75 Å². The highest BCUT2D eigenvalue weighted by Crippen LogP contribution is 2.24. The van der Waals surface area contributed by atoms with E-state index in [4.69, 9.17) is 9.47 Å². The van der Waals surface area contributed by atoms with Crippen LogP contribution in [0.1, 0.15) is 19.8 Å². The normalized spacial score (nSPS) is 17.0. The lowest BCUT2D eigenvalue weighted by Gasteiger charge is -2.14. The molecule has 0 bridgehead atoms. The number of nitrogens with one attached hydrogen (secondary N) is 2. The third kappa shape index (κ3) is 6.02. The van der Waals surface area contributed by atoms with Crippen molar-refractivity contribution in [3.8, 4) is 5.75 Å². The van der Waals surface area contributed by atoms with Crippen molar-refractivity contribution in [3.05, 3.63) is 42.5 Å². The first-order valence-electron chi connectivity index (χ1n) is 9.11. The number of aliphatic imine (C=N–C) groups is 1. The largest absolute Gasteiger partial charge is 0.491 e. The Bertz CT molecular complexity index is 697. The molecule has 3 rings (SSSR count). The van der Waals surface area contributed by atoms with E-state index in [2.05, 4.69) is 40.7 Å². The smallest absolute Gasteiger partial charge is 0.191 e. The van der Waals surface area contributed by atoms with Crippen LogP contribution in [0.2, 0.25) is 0 Å². The van der Waals surface area contributed by atoms with Crippen LogP contribution in [0.3, 0.4) is 0 Å². The molecule has 6 heteroatoms. The summed E-state index contributed by atoms with van der Waals surface area (Å²) >= 11 is 0. The average molecular weight is 469 g/mol. The van der Waals surface area contributed by atoms with Gasteiger partial charge >= 0.3 is 0 Å². The van der Waals surface area contributed by atoms with E-state index in [0.29, 0.717) is 19.7 Å². The Labute approximate surface area is 172 Å². The van der Waals surface area contributed by atoms with Gasteiger partial charge in [-0.25, -0.2) is 0 Å². The lowest BCUT2D eigenvalue weighted by atomic mass is 10.1. The molecule has 2 aromatic rings. The Kier molecular flexibility index (Phi) is 8.97. The van der Waals surface area contributed by atoms with Crippen molar-refractivity contribution in [2.45, 2.75) is 25.9 Å². The summed E-state index contributed by atoms with van der Waals surface area (Å²) in [5.74, 6) is 1.74. The van der Waals surface area contributed by atoms with E-state index in [9.17, 15) is 0 Å². The van der Waals surface area contributed by atoms with Crippen LogP contribution in [0.25, 0.3) is 10.8 Å². The van der Waals surface area contributed by atoms with Gasteiger partial charge in [-0.2, -0.15) is 0 Å². The standard InChI is InChI=1S/C20H27N3O2.HI/c1-2-21-20(23-15-17-9-6-13-24-17)22-12-14-25-19-11-5-8-16-7-3-4-10-18(16)19;/h3-5,7-8,10-11,17H,2,6,9,12-15H2,1H3,(H2,21,22,23);1H. The van der Waals surface area contributed by atoms with Crippen molar-refractivity contribution in [1.82, 2.24) is 10.6 Å². The molecule has 1 saturated heterocycles. The molecule has 0 aliphatic carbocycles. The number of hydrogen-bond donors (Lipinski definition) is 2. The van der Waals surface area contributed by atoms with Crippen LogP contribution >= 0.6 is 24.0 Å². The van der Waals surface area contributed by atoms with Crippen molar-refractivity contribution < 1.29 is 9.47 Å². The number of guanidine groups is 1. The average Bonchev–Trinajstić information content (AvgIpc) is 3.17. The van der Waals surface area contributed by atoms with Crippen molar-refractivity contribution in [2.75, 3.05) is 32.8 Å². The zero-order valence-corrected chi connectivity index (χ0v) is 17.6. The second kappa shape index (κ2) is 11.2. The van der Waals surface area contributed by atoms with Crippen LogP contribution in [-0.4, -0.2) is 44.9 Å². The van der Waals surface area contributed by atoms with Gasteiger partial charge < -0.3 is 20.1 Å². The molecular weight excluding hydrogens is 441 g/mol. The minimum absolute atomic E-state index is 0. The summed E-state index contributed by atoms with van der Waals surface area (Å²) in [6.07, 6.45) is 2.51. The Morgan fingerprint density at radius 1 is 1.19 bits per heavy atom. The molecule has 1 aliphatic rings. The molecule has 1 atom stereocenters. The Morgan fingerprint density at radius 2 is 2.04 bits per heavy atom. The van der Waals surface area contributed by atoms with Gasteiger partial charge in [-0.15, -0.1) is 24.0 Å². The molecule has 2 N–H and O–H groups in total. The first kappa shape index (κ1) is 20.8. The van der Waals surface area contributed by atoms with E-state index < -0.39 is 0 Å². The predicted molar refractivity (Wildman–Crippen MR) is 118 cm³/mol. The van der Waals surface area contributed by atoms with E-state index in [1.165, 1.54) is 5.39 Å². The fraction of sp³-hybridized carbons (Fsp3) is 0.450. The van der Waals surface area contributed by atoms with Gasteiger partial charge in [0.2, 0.25) is 0 Å². The van der Waals surface area contributed by atoms with Crippen molar-refractivity contribution in [1.29, 1.82) is 0 Å². The van der Waals surface area contributed by atoms with Gasteiger partial charge in [0.05, 0.1) is 19.2 Å². The second-order valence-corrected chi connectivity index (χ2v) is 6.11.